The van der Waals surface area contributed by atoms with Gasteiger partial charge in [-0.15, -0.1) is 0 Å². The number of carboxylic acids is 1. The van der Waals surface area contributed by atoms with Gasteiger partial charge in [0.15, 0.2) is 0 Å². The molecular weight excluding hydrogens is 340 g/mol. The summed E-state index contributed by atoms with van der Waals surface area (Å²) in [4.78, 5) is 33.3. The Kier molecular flexibility index (Phi) is 6.09. The molecule has 6 atom stereocenters. The number of carboxylic acid groups (broad SMARTS) is 1. The summed E-state index contributed by atoms with van der Waals surface area (Å²) in [5, 5.41) is 9.21. The van der Waals surface area contributed by atoms with Crippen LogP contribution in [0.1, 0.15) is 44.9 Å². The van der Waals surface area contributed by atoms with Crippen molar-refractivity contribution in [2.24, 2.45) is 11.8 Å². The van der Waals surface area contributed by atoms with Crippen LogP contribution in [0.5, 0.6) is 0 Å². The minimum absolute atomic E-state index is 0.0318. The van der Waals surface area contributed by atoms with E-state index in [4.69, 9.17) is 9.47 Å². The molecule has 0 spiro atoms. The van der Waals surface area contributed by atoms with Gasteiger partial charge in [0.2, 0.25) is 0 Å². The second-order valence-electron chi connectivity index (χ2n) is 7.46. The smallest absolute Gasteiger partial charge is 0.307 e. The molecule has 7 heteroatoms. The topological polar surface area (TPSA) is 99.1 Å². The average molecular weight is 366 g/mol. The molecule has 4 bridgehead atoms. The fourth-order valence-electron chi connectivity index (χ4n) is 4.27. The molecule has 0 aliphatic carbocycles. The number of Topliss-reactive ketones (excluding diaryl/α,β-unsaturated/α-hetero) is 1. The fourth-order valence-corrected chi connectivity index (χ4v) is 4.27. The molecule has 0 amide bonds. The summed E-state index contributed by atoms with van der Waals surface area (Å²) in [7, 11) is 1.29. The van der Waals surface area contributed by atoms with E-state index < -0.39 is 17.9 Å². The van der Waals surface area contributed by atoms with Crippen LogP contribution < -0.4 is 0 Å². The maximum Gasteiger partial charge on any atom is 0.307 e. The number of carbonyl (C=O) groups is 3. The third kappa shape index (κ3) is 4.71. The molecule has 0 aromatic rings. The van der Waals surface area contributed by atoms with Gasteiger partial charge in [0, 0.05) is 12.8 Å². The van der Waals surface area contributed by atoms with Gasteiger partial charge in [0.25, 0.3) is 0 Å². The number of ether oxygens (including phenoxy) is 3. The van der Waals surface area contributed by atoms with Crippen LogP contribution in [-0.2, 0) is 28.6 Å². The van der Waals surface area contributed by atoms with Gasteiger partial charge < -0.3 is 19.3 Å². The van der Waals surface area contributed by atoms with Crippen LogP contribution >= 0.6 is 0 Å². The largest absolute Gasteiger partial charge is 0.481 e. The Hall–Kier alpha value is -1.73. The van der Waals surface area contributed by atoms with E-state index in [2.05, 4.69) is 4.74 Å². The van der Waals surface area contributed by atoms with E-state index in [1.807, 2.05) is 12.2 Å². The van der Waals surface area contributed by atoms with Gasteiger partial charge in [-0.3, -0.25) is 14.4 Å². The average Bonchev–Trinajstić information content (AvgIpc) is 3.13. The molecule has 4 aliphatic heterocycles. The maximum atomic E-state index is 11.2. The van der Waals surface area contributed by atoms with E-state index in [1.165, 1.54) is 7.11 Å². The van der Waals surface area contributed by atoms with Gasteiger partial charge >= 0.3 is 11.9 Å². The van der Waals surface area contributed by atoms with Crippen molar-refractivity contribution < 1.29 is 33.7 Å². The summed E-state index contributed by atoms with van der Waals surface area (Å²) < 4.78 is 15.6. The Morgan fingerprint density at radius 1 is 1.15 bits per heavy atom. The Morgan fingerprint density at radius 3 is 2.23 bits per heavy atom. The van der Waals surface area contributed by atoms with Gasteiger partial charge in [-0.25, -0.2) is 0 Å². The van der Waals surface area contributed by atoms with E-state index in [0.717, 1.165) is 25.7 Å². The van der Waals surface area contributed by atoms with Gasteiger partial charge in [-0.1, -0.05) is 12.2 Å². The molecule has 4 unspecified atom stereocenters. The van der Waals surface area contributed by atoms with Crippen molar-refractivity contribution in [1.29, 1.82) is 0 Å². The summed E-state index contributed by atoms with van der Waals surface area (Å²) in [6, 6.07) is 0. The van der Waals surface area contributed by atoms with Crippen molar-refractivity contribution in [3.8, 4) is 0 Å². The zero-order valence-corrected chi connectivity index (χ0v) is 15.0. The standard InChI is InChI=1S/C12H18O5.C7H8O2/c1-16-11(13)6-10(12(14)15)7-4-8-2-3-9(5-7)17-8;8-5-3-6-1-2-7(4-5)9-6/h7-10H,2-6H2,1H3,(H,14,15);1-2,6-7H,3-4H2/t7?,8-,9+,10?;. The first kappa shape index (κ1) is 19.0. The number of hydrogen-bond acceptors (Lipinski definition) is 6. The fraction of sp³-hybridized carbons (Fsp3) is 0.737. The van der Waals surface area contributed by atoms with Crippen LogP contribution in [0.25, 0.3) is 0 Å². The minimum Gasteiger partial charge on any atom is -0.481 e. The molecular formula is C19H26O7. The highest BCUT2D eigenvalue weighted by atomic mass is 16.5. The second-order valence-corrected chi connectivity index (χ2v) is 7.46. The second kappa shape index (κ2) is 8.31. The highest BCUT2D eigenvalue weighted by Gasteiger charge is 2.41. The zero-order chi connectivity index (χ0) is 18.7. The van der Waals surface area contributed by atoms with Crippen molar-refractivity contribution in [3.63, 3.8) is 0 Å². The lowest BCUT2D eigenvalue weighted by Crippen LogP contribution is -2.34. The summed E-state index contributed by atoms with van der Waals surface area (Å²) in [6.07, 6.45) is 9.26. The Labute approximate surface area is 152 Å². The number of hydrogen-bond donors (Lipinski definition) is 1. The minimum atomic E-state index is -0.901. The number of rotatable bonds is 4. The summed E-state index contributed by atoms with van der Waals surface area (Å²) in [6.45, 7) is 0. The van der Waals surface area contributed by atoms with Gasteiger partial charge in [0.05, 0.1) is 43.9 Å². The Balaban J connectivity index is 0.000000181. The van der Waals surface area contributed by atoms with Crippen molar-refractivity contribution >= 4 is 17.7 Å². The maximum absolute atomic E-state index is 11.2. The van der Waals surface area contributed by atoms with Gasteiger partial charge in [0.1, 0.15) is 5.78 Å². The Bertz CT molecular complexity index is 556. The number of esters is 1. The first-order chi connectivity index (χ1) is 12.4. The molecule has 0 radical (unpaired) electrons. The molecule has 4 aliphatic rings. The lowest BCUT2D eigenvalue weighted by Gasteiger charge is -2.31. The van der Waals surface area contributed by atoms with Crippen LogP contribution in [0.2, 0.25) is 0 Å². The molecule has 4 heterocycles. The number of fused-ring (bicyclic) bond motifs is 4. The lowest BCUT2D eigenvalue weighted by atomic mass is 9.81. The summed E-state index contributed by atoms with van der Waals surface area (Å²) in [5.74, 6) is -1.61. The number of methoxy groups -OCH3 is 1. The lowest BCUT2D eigenvalue weighted by molar-refractivity contribution is -0.154. The van der Waals surface area contributed by atoms with Gasteiger partial charge in [-0.2, -0.15) is 0 Å². The molecule has 144 valence electrons. The number of carbonyl (C=O) groups excluding carboxylic acids is 2. The summed E-state index contributed by atoms with van der Waals surface area (Å²) >= 11 is 0. The molecule has 1 N–H and O–H groups in total. The van der Waals surface area contributed by atoms with Crippen molar-refractivity contribution in [2.75, 3.05) is 7.11 Å². The first-order valence-electron chi connectivity index (χ1n) is 9.25. The van der Waals surface area contributed by atoms with Crippen LogP contribution in [0.15, 0.2) is 12.2 Å². The van der Waals surface area contributed by atoms with Crippen molar-refractivity contribution in [3.05, 3.63) is 12.2 Å². The van der Waals surface area contributed by atoms with E-state index >= 15 is 0 Å². The van der Waals surface area contributed by atoms with E-state index in [9.17, 15) is 19.5 Å². The Morgan fingerprint density at radius 2 is 1.73 bits per heavy atom. The molecule has 26 heavy (non-hydrogen) atoms. The van der Waals surface area contributed by atoms with Crippen LogP contribution in [-0.4, -0.2) is 54.4 Å². The van der Waals surface area contributed by atoms with Crippen LogP contribution in [0, 0.1) is 11.8 Å². The molecule has 3 saturated heterocycles. The third-order valence-corrected chi connectivity index (χ3v) is 5.57. The normalized spacial score (nSPS) is 35.4. The number of ketones is 1. The van der Waals surface area contributed by atoms with E-state index in [-0.39, 0.29) is 36.8 Å². The zero-order valence-electron chi connectivity index (χ0n) is 15.0. The molecule has 7 nitrogen and oxygen atoms in total. The van der Waals surface area contributed by atoms with Gasteiger partial charge in [-0.05, 0) is 31.6 Å². The van der Waals surface area contributed by atoms with E-state index in [1.54, 1.807) is 0 Å². The molecule has 0 aromatic carbocycles. The highest BCUT2D eigenvalue weighted by Crippen LogP contribution is 2.40. The summed E-state index contributed by atoms with van der Waals surface area (Å²) in [5.41, 5.74) is 0. The molecule has 0 saturated carbocycles. The SMILES string of the molecule is COC(=O)CC(C(=O)O)C1C[C@H]2CC[C@@H](C1)O2.O=C1CC2C=CC(C1)O2. The van der Waals surface area contributed by atoms with E-state index in [0.29, 0.717) is 18.6 Å². The van der Waals surface area contributed by atoms with Crippen LogP contribution in [0.4, 0.5) is 0 Å². The highest BCUT2D eigenvalue weighted by molar-refractivity contribution is 5.81. The predicted octanol–water partition coefficient (Wildman–Crippen LogP) is 1.88. The first-order valence-corrected chi connectivity index (χ1v) is 9.25. The predicted molar refractivity (Wildman–Crippen MR) is 90.4 cm³/mol. The van der Waals surface area contributed by atoms with Crippen LogP contribution in [0.3, 0.4) is 0 Å². The van der Waals surface area contributed by atoms with Crippen molar-refractivity contribution in [2.45, 2.75) is 69.4 Å². The quantitative estimate of drug-likeness (QED) is 0.599. The molecule has 0 aromatic heterocycles. The third-order valence-electron chi connectivity index (χ3n) is 5.57. The molecule has 4 rings (SSSR count). The number of aliphatic carboxylic acids is 1. The monoisotopic (exact) mass is 366 g/mol. The molecule has 3 fully saturated rings. The van der Waals surface area contributed by atoms with Crippen molar-refractivity contribution in [1.82, 2.24) is 0 Å².